The molecule has 0 aliphatic carbocycles. The van der Waals surface area contributed by atoms with E-state index in [4.69, 9.17) is 5.73 Å². The van der Waals surface area contributed by atoms with Crippen LogP contribution < -0.4 is 5.73 Å². The summed E-state index contributed by atoms with van der Waals surface area (Å²) in [6.07, 6.45) is 2.83. The molecule has 0 aliphatic heterocycles. The van der Waals surface area contributed by atoms with Crippen molar-refractivity contribution >= 4 is 0 Å². The molecule has 1 aromatic rings. The highest BCUT2D eigenvalue weighted by Crippen LogP contribution is 2.30. The van der Waals surface area contributed by atoms with Crippen LogP contribution in [0.4, 0.5) is 0 Å². The second-order valence-corrected chi connectivity index (χ2v) is 4.65. The molecular formula is C12H24N4. The van der Waals surface area contributed by atoms with E-state index in [2.05, 4.69) is 44.9 Å². The molecule has 1 aromatic heterocycles. The lowest BCUT2D eigenvalue weighted by molar-refractivity contribution is 0.128. The van der Waals surface area contributed by atoms with E-state index < -0.39 is 0 Å². The number of aromatic nitrogens is 2. The van der Waals surface area contributed by atoms with Gasteiger partial charge in [0.1, 0.15) is 0 Å². The van der Waals surface area contributed by atoms with Gasteiger partial charge in [-0.3, -0.25) is 4.68 Å². The van der Waals surface area contributed by atoms with Gasteiger partial charge in [-0.15, -0.1) is 0 Å². The quantitative estimate of drug-likeness (QED) is 0.827. The fraction of sp³-hybridized carbons (Fsp3) is 0.750. The summed E-state index contributed by atoms with van der Waals surface area (Å²) in [5.74, 6) is 0. The van der Waals surface area contributed by atoms with Gasteiger partial charge < -0.3 is 10.6 Å². The molecule has 2 N–H and O–H groups in total. The van der Waals surface area contributed by atoms with Crippen molar-refractivity contribution in [2.75, 3.05) is 14.1 Å². The zero-order chi connectivity index (χ0) is 12.3. The highest BCUT2D eigenvalue weighted by atomic mass is 15.3. The molecule has 0 saturated heterocycles. The Morgan fingerprint density at radius 3 is 2.56 bits per heavy atom. The summed E-state index contributed by atoms with van der Waals surface area (Å²) in [6, 6.07) is 2.00. The number of hydrogen-bond donors (Lipinski definition) is 1. The summed E-state index contributed by atoms with van der Waals surface area (Å²) in [6.45, 7) is 7.32. The van der Waals surface area contributed by atoms with E-state index in [0.717, 1.165) is 18.7 Å². The average Bonchev–Trinajstić information content (AvgIpc) is 2.74. The zero-order valence-corrected chi connectivity index (χ0v) is 11.1. The number of rotatable bonds is 5. The van der Waals surface area contributed by atoms with Gasteiger partial charge in [-0.2, -0.15) is 5.10 Å². The lowest BCUT2D eigenvalue weighted by Gasteiger charge is -2.40. The SMILES string of the molecule is CCn1nccc1C(N)C(C)(CC)N(C)C. The van der Waals surface area contributed by atoms with E-state index in [0.29, 0.717) is 0 Å². The molecule has 1 heterocycles. The van der Waals surface area contributed by atoms with E-state index in [9.17, 15) is 0 Å². The van der Waals surface area contributed by atoms with Gasteiger partial charge in [-0.25, -0.2) is 0 Å². The Labute approximate surface area is 98.4 Å². The Bertz CT molecular complexity index is 332. The second-order valence-electron chi connectivity index (χ2n) is 4.65. The van der Waals surface area contributed by atoms with E-state index in [1.165, 1.54) is 0 Å². The maximum absolute atomic E-state index is 6.40. The van der Waals surface area contributed by atoms with Crippen LogP contribution in [0.25, 0.3) is 0 Å². The van der Waals surface area contributed by atoms with Crippen molar-refractivity contribution in [2.45, 2.75) is 45.3 Å². The average molecular weight is 224 g/mol. The predicted molar refractivity (Wildman–Crippen MR) is 67.2 cm³/mol. The normalized spacial score (nSPS) is 17.4. The first-order chi connectivity index (χ1) is 7.47. The minimum atomic E-state index is -0.0348. The predicted octanol–water partition coefficient (Wildman–Crippen LogP) is 1.63. The molecule has 0 aliphatic rings. The fourth-order valence-corrected chi connectivity index (χ4v) is 2.00. The molecule has 0 amide bonds. The van der Waals surface area contributed by atoms with Crippen LogP contribution >= 0.6 is 0 Å². The van der Waals surface area contributed by atoms with Crippen LogP contribution in [-0.4, -0.2) is 34.3 Å². The number of likely N-dealkylation sites (N-methyl/N-ethyl adjacent to an activating group) is 1. The van der Waals surface area contributed by atoms with Crippen molar-refractivity contribution < 1.29 is 0 Å². The highest BCUT2D eigenvalue weighted by molar-refractivity contribution is 5.13. The molecule has 16 heavy (non-hydrogen) atoms. The van der Waals surface area contributed by atoms with Crippen LogP contribution in [0.2, 0.25) is 0 Å². The summed E-state index contributed by atoms with van der Waals surface area (Å²) < 4.78 is 1.97. The van der Waals surface area contributed by atoms with Gasteiger partial charge in [0, 0.05) is 18.3 Å². The molecule has 0 radical (unpaired) electrons. The Hall–Kier alpha value is -0.870. The van der Waals surface area contributed by atoms with E-state index in [1.807, 2.05) is 16.9 Å². The first-order valence-corrected chi connectivity index (χ1v) is 5.92. The molecule has 0 fully saturated rings. The topological polar surface area (TPSA) is 47.1 Å². The van der Waals surface area contributed by atoms with Gasteiger partial charge in [0.15, 0.2) is 0 Å². The van der Waals surface area contributed by atoms with Crippen LogP contribution in [0, 0.1) is 0 Å². The van der Waals surface area contributed by atoms with Crippen LogP contribution in [0.15, 0.2) is 12.3 Å². The van der Waals surface area contributed by atoms with Gasteiger partial charge in [-0.05, 0) is 40.4 Å². The van der Waals surface area contributed by atoms with Crippen molar-refractivity contribution in [3.8, 4) is 0 Å². The minimum Gasteiger partial charge on any atom is -0.321 e. The van der Waals surface area contributed by atoms with Crippen LogP contribution in [0.1, 0.15) is 38.9 Å². The van der Waals surface area contributed by atoms with Crippen LogP contribution in [0.3, 0.4) is 0 Å². The lowest BCUT2D eigenvalue weighted by atomic mass is 9.86. The standard InChI is InChI=1S/C12H24N4/c1-6-12(3,15(4)5)11(13)10-8-9-14-16(10)7-2/h8-9,11H,6-7,13H2,1-5H3. The highest BCUT2D eigenvalue weighted by Gasteiger charge is 2.34. The van der Waals surface area contributed by atoms with Crippen LogP contribution in [-0.2, 0) is 6.54 Å². The van der Waals surface area contributed by atoms with E-state index >= 15 is 0 Å². The van der Waals surface area contributed by atoms with Crippen molar-refractivity contribution in [3.63, 3.8) is 0 Å². The lowest BCUT2D eigenvalue weighted by Crippen LogP contribution is -2.50. The third-order valence-corrected chi connectivity index (χ3v) is 3.78. The monoisotopic (exact) mass is 224 g/mol. The maximum Gasteiger partial charge on any atom is 0.0650 e. The van der Waals surface area contributed by atoms with Crippen molar-refractivity contribution in [3.05, 3.63) is 18.0 Å². The molecule has 92 valence electrons. The van der Waals surface area contributed by atoms with Gasteiger partial charge in [0.25, 0.3) is 0 Å². The molecular weight excluding hydrogens is 200 g/mol. The first-order valence-electron chi connectivity index (χ1n) is 5.92. The summed E-state index contributed by atoms with van der Waals surface area (Å²) in [5.41, 5.74) is 7.48. The number of nitrogens with zero attached hydrogens (tertiary/aromatic N) is 3. The third-order valence-electron chi connectivity index (χ3n) is 3.78. The first kappa shape index (κ1) is 13.2. The summed E-state index contributed by atoms with van der Waals surface area (Å²) in [4.78, 5) is 2.20. The molecule has 0 aromatic carbocycles. The Morgan fingerprint density at radius 2 is 2.12 bits per heavy atom. The van der Waals surface area contributed by atoms with Gasteiger partial charge >= 0.3 is 0 Å². The summed E-state index contributed by atoms with van der Waals surface area (Å²) in [7, 11) is 4.16. The smallest absolute Gasteiger partial charge is 0.0650 e. The Balaban J connectivity index is 3.04. The molecule has 4 nitrogen and oxygen atoms in total. The number of aryl methyl sites for hydroxylation is 1. The van der Waals surface area contributed by atoms with Gasteiger partial charge in [-0.1, -0.05) is 6.92 Å². The molecule has 1 rings (SSSR count). The van der Waals surface area contributed by atoms with E-state index in [-0.39, 0.29) is 11.6 Å². The molecule has 0 bridgehead atoms. The number of nitrogens with two attached hydrogens (primary N) is 1. The minimum absolute atomic E-state index is 0.0186. The fourth-order valence-electron chi connectivity index (χ4n) is 2.00. The molecule has 0 saturated carbocycles. The number of hydrogen-bond acceptors (Lipinski definition) is 3. The summed E-state index contributed by atoms with van der Waals surface area (Å²) in [5, 5.41) is 4.28. The molecule has 2 atom stereocenters. The van der Waals surface area contributed by atoms with Crippen molar-refractivity contribution in [2.24, 2.45) is 5.73 Å². The largest absolute Gasteiger partial charge is 0.321 e. The van der Waals surface area contributed by atoms with Crippen molar-refractivity contribution in [1.29, 1.82) is 0 Å². The molecule has 0 spiro atoms. The molecule has 2 unspecified atom stereocenters. The zero-order valence-electron chi connectivity index (χ0n) is 11.1. The maximum atomic E-state index is 6.40. The van der Waals surface area contributed by atoms with Gasteiger partial charge in [0.2, 0.25) is 0 Å². The van der Waals surface area contributed by atoms with Crippen molar-refractivity contribution in [1.82, 2.24) is 14.7 Å². The Morgan fingerprint density at radius 1 is 1.50 bits per heavy atom. The Kier molecular flexibility index (Phi) is 4.10. The third kappa shape index (κ3) is 2.13. The van der Waals surface area contributed by atoms with E-state index in [1.54, 1.807) is 0 Å². The second kappa shape index (κ2) is 4.97. The van der Waals surface area contributed by atoms with Gasteiger partial charge in [0.05, 0.1) is 11.7 Å². The summed E-state index contributed by atoms with van der Waals surface area (Å²) >= 11 is 0. The van der Waals surface area contributed by atoms with Crippen LogP contribution in [0.5, 0.6) is 0 Å². The molecule has 4 heteroatoms.